The van der Waals surface area contributed by atoms with Gasteiger partial charge in [-0.3, -0.25) is 0 Å². The molecule has 20 heavy (non-hydrogen) atoms. The molecule has 0 saturated heterocycles. The highest BCUT2D eigenvalue weighted by molar-refractivity contribution is 9.09. The first-order valence-electron chi connectivity index (χ1n) is 6.24. The predicted octanol–water partition coefficient (Wildman–Crippen LogP) is 5.04. The third kappa shape index (κ3) is 3.68. The second-order valence-corrected chi connectivity index (χ2v) is 5.93. The summed E-state index contributed by atoms with van der Waals surface area (Å²) in [6, 6.07) is 13.9. The Morgan fingerprint density at radius 3 is 2.30 bits per heavy atom. The van der Waals surface area contributed by atoms with E-state index in [0.29, 0.717) is 10.8 Å². The molecule has 0 amide bonds. The van der Waals surface area contributed by atoms with Crippen molar-refractivity contribution in [3.8, 4) is 11.5 Å². The van der Waals surface area contributed by atoms with Crippen molar-refractivity contribution in [2.45, 2.75) is 11.2 Å². The average molecular weight is 356 g/mol. The van der Waals surface area contributed by atoms with Crippen LogP contribution in [0, 0.1) is 0 Å². The number of benzene rings is 2. The van der Waals surface area contributed by atoms with Crippen LogP contribution in [0.15, 0.2) is 42.5 Å². The predicted molar refractivity (Wildman–Crippen MR) is 86.4 cm³/mol. The Hall–Kier alpha value is -1.19. The first kappa shape index (κ1) is 15.2. The minimum atomic E-state index is 0.208. The zero-order valence-corrected chi connectivity index (χ0v) is 13.7. The van der Waals surface area contributed by atoms with Gasteiger partial charge >= 0.3 is 0 Å². The van der Waals surface area contributed by atoms with Crippen molar-refractivity contribution in [1.29, 1.82) is 0 Å². The molecule has 0 aliphatic carbocycles. The van der Waals surface area contributed by atoms with Crippen LogP contribution in [0.5, 0.6) is 11.5 Å². The molecule has 0 aromatic heterocycles. The van der Waals surface area contributed by atoms with E-state index in [0.717, 1.165) is 17.7 Å². The smallest absolute Gasteiger partial charge is 0.137 e. The van der Waals surface area contributed by atoms with Crippen LogP contribution in [0.25, 0.3) is 0 Å². The molecule has 0 radical (unpaired) electrons. The van der Waals surface area contributed by atoms with Gasteiger partial charge in [-0.1, -0.05) is 45.7 Å². The number of rotatable bonds is 5. The van der Waals surface area contributed by atoms with Gasteiger partial charge in [0.1, 0.15) is 11.5 Å². The number of alkyl halides is 1. The van der Waals surface area contributed by atoms with Crippen LogP contribution in [0.2, 0.25) is 5.02 Å². The Morgan fingerprint density at radius 1 is 1.05 bits per heavy atom. The van der Waals surface area contributed by atoms with E-state index >= 15 is 0 Å². The van der Waals surface area contributed by atoms with Gasteiger partial charge in [0.05, 0.1) is 19.2 Å². The molecular formula is C16H16BrClO2. The monoisotopic (exact) mass is 354 g/mol. The standard InChI is InChI=1S/C16H16BrClO2/c1-19-13-6-3-11(4-7-13)9-14(17)12-5-8-16(20-2)15(18)10-12/h3-8,10,14H,9H2,1-2H3. The van der Waals surface area contributed by atoms with Crippen LogP contribution in [0.3, 0.4) is 0 Å². The molecule has 0 aliphatic heterocycles. The molecule has 1 atom stereocenters. The van der Waals surface area contributed by atoms with E-state index in [4.69, 9.17) is 21.1 Å². The summed E-state index contributed by atoms with van der Waals surface area (Å²) in [6.45, 7) is 0. The number of hydrogen-bond acceptors (Lipinski definition) is 2. The van der Waals surface area contributed by atoms with Crippen LogP contribution in [0.4, 0.5) is 0 Å². The molecule has 4 heteroatoms. The van der Waals surface area contributed by atoms with Gasteiger partial charge in [-0.25, -0.2) is 0 Å². The van der Waals surface area contributed by atoms with Gasteiger partial charge in [0.2, 0.25) is 0 Å². The van der Waals surface area contributed by atoms with E-state index < -0.39 is 0 Å². The molecule has 0 heterocycles. The molecule has 1 unspecified atom stereocenters. The molecule has 0 fully saturated rings. The Morgan fingerprint density at radius 2 is 1.75 bits per heavy atom. The molecule has 0 aliphatic rings. The number of halogens is 2. The quantitative estimate of drug-likeness (QED) is 0.700. The minimum Gasteiger partial charge on any atom is -0.497 e. The maximum Gasteiger partial charge on any atom is 0.137 e. The fourth-order valence-electron chi connectivity index (χ4n) is 1.96. The summed E-state index contributed by atoms with van der Waals surface area (Å²) in [5.41, 5.74) is 2.37. The summed E-state index contributed by atoms with van der Waals surface area (Å²) < 4.78 is 10.3. The SMILES string of the molecule is COc1ccc(CC(Br)c2ccc(OC)c(Cl)c2)cc1. The summed E-state index contributed by atoms with van der Waals surface area (Å²) in [5.74, 6) is 1.56. The summed E-state index contributed by atoms with van der Waals surface area (Å²) in [7, 11) is 3.28. The number of ether oxygens (including phenoxy) is 2. The fraction of sp³-hybridized carbons (Fsp3) is 0.250. The molecule has 2 aromatic carbocycles. The first-order chi connectivity index (χ1) is 9.63. The molecule has 2 rings (SSSR count). The average Bonchev–Trinajstić information content (AvgIpc) is 2.48. The van der Waals surface area contributed by atoms with Crippen molar-refractivity contribution in [2.75, 3.05) is 14.2 Å². The Bertz CT molecular complexity index is 569. The van der Waals surface area contributed by atoms with Crippen LogP contribution >= 0.6 is 27.5 Å². The van der Waals surface area contributed by atoms with E-state index in [1.807, 2.05) is 30.3 Å². The van der Waals surface area contributed by atoms with Crippen molar-refractivity contribution < 1.29 is 9.47 Å². The zero-order valence-electron chi connectivity index (χ0n) is 11.4. The molecule has 0 N–H and O–H groups in total. The lowest BCUT2D eigenvalue weighted by atomic mass is 10.0. The van der Waals surface area contributed by atoms with E-state index in [-0.39, 0.29) is 4.83 Å². The molecule has 0 bridgehead atoms. The normalized spacial score (nSPS) is 12.0. The lowest BCUT2D eigenvalue weighted by molar-refractivity contribution is 0.414. The maximum atomic E-state index is 6.15. The van der Waals surface area contributed by atoms with Crippen LogP contribution in [0.1, 0.15) is 16.0 Å². The third-order valence-corrected chi connectivity index (χ3v) is 4.26. The lowest BCUT2D eigenvalue weighted by Crippen LogP contribution is -1.96. The molecule has 2 aromatic rings. The van der Waals surface area contributed by atoms with Gasteiger partial charge in [0, 0.05) is 4.83 Å². The second kappa shape index (κ2) is 7.00. The molecule has 2 nitrogen and oxygen atoms in total. The van der Waals surface area contributed by atoms with Gasteiger partial charge < -0.3 is 9.47 Å². The molecule has 0 spiro atoms. The van der Waals surface area contributed by atoms with E-state index in [2.05, 4.69) is 28.1 Å². The summed E-state index contributed by atoms with van der Waals surface area (Å²) >= 11 is 9.86. The molecule has 0 saturated carbocycles. The Labute approximate surface area is 132 Å². The highest BCUT2D eigenvalue weighted by atomic mass is 79.9. The van der Waals surface area contributed by atoms with Crippen LogP contribution < -0.4 is 9.47 Å². The highest BCUT2D eigenvalue weighted by Gasteiger charge is 2.11. The minimum absolute atomic E-state index is 0.208. The largest absolute Gasteiger partial charge is 0.497 e. The second-order valence-electron chi connectivity index (χ2n) is 4.41. The van der Waals surface area contributed by atoms with Gasteiger partial charge in [-0.05, 0) is 41.8 Å². The number of hydrogen-bond donors (Lipinski definition) is 0. The summed E-state index contributed by atoms with van der Waals surface area (Å²) in [4.78, 5) is 0.208. The third-order valence-electron chi connectivity index (χ3n) is 3.11. The summed E-state index contributed by atoms with van der Waals surface area (Å²) in [6.07, 6.45) is 0.882. The Balaban J connectivity index is 2.10. The number of methoxy groups -OCH3 is 2. The highest BCUT2D eigenvalue weighted by Crippen LogP contribution is 2.33. The van der Waals surface area contributed by atoms with Crippen LogP contribution in [-0.4, -0.2) is 14.2 Å². The fourth-order valence-corrected chi connectivity index (χ4v) is 2.89. The topological polar surface area (TPSA) is 18.5 Å². The lowest BCUT2D eigenvalue weighted by Gasteiger charge is -2.12. The van der Waals surface area contributed by atoms with E-state index in [1.54, 1.807) is 14.2 Å². The van der Waals surface area contributed by atoms with Gasteiger partial charge in [0.25, 0.3) is 0 Å². The van der Waals surface area contributed by atoms with Crippen molar-refractivity contribution in [2.24, 2.45) is 0 Å². The summed E-state index contributed by atoms with van der Waals surface area (Å²) in [5, 5.41) is 0.629. The zero-order chi connectivity index (χ0) is 14.5. The van der Waals surface area contributed by atoms with Crippen molar-refractivity contribution >= 4 is 27.5 Å². The van der Waals surface area contributed by atoms with Gasteiger partial charge in [0.15, 0.2) is 0 Å². The molecular weight excluding hydrogens is 340 g/mol. The van der Waals surface area contributed by atoms with Crippen molar-refractivity contribution in [1.82, 2.24) is 0 Å². The van der Waals surface area contributed by atoms with Crippen molar-refractivity contribution in [3.63, 3.8) is 0 Å². The van der Waals surface area contributed by atoms with Crippen LogP contribution in [-0.2, 0) is 6.42 Å². The van der Waals surface area contributed by atoms with Crippen molar-refractivity contribution in [3.05, 3.63) is 58.6 Å². The van der Waals surface area contributed by atoms with Gasteiger partial charge in [-0.2, -0.15) is 0 Å². The van der Waals surface area contributed by atoms with E-state index in [9.17, 15) is 0 Å². The van der Waals surface area contributed by atoms with E-state index in [1.165, 1.54) is 5.56 Å². The maximum absolute atomic E-state index is 6.15. The van der Waals surface area contributed by atoms with Gasteiger partial charge in [-0.15, -0.1) is 0 Å². The molecule has 106 valence electrons. The first-order valence-corrected chi connectivity index (χ1v) is 7.54. The Kier molecular flexibility index (Phi) is 5.32.